The number of hydrogen-bond acceptors (Lipinski definition) is 13. The summed E-state index contributed by atoms with van der Waals surface area (Å²) in [6.07, 6.45) is 4.01. The smallest absolute Gasteiger partial charge is 0.456 e. The molecule has 422 valence electrons. The Labute approximate surface area is 443 Å². The van der Waals surface area contributed by atoms with Crippen molar-refractivity contribution in [2.45, 2.75) is 170 Å². The van der Waals surface area contributed by atoms with Crippen LogP contribution in [0.1, 0.15) is 126 Å². The van der Waals surface area contributed by atoms with Gasteiger partial charge in [-0.25, -0.2) is 14.2 Å². The molecule has 0 aliphatic carbocycles. The summed E-state index contributed by atoms with van der Waals surface area (Å²) in [6.45, 7) is 16.3. The first kappa shape index (κ1) is 65.6. The second-order valence-electron chi connectivity index (χ2n) is 19.9. The number of amides is 6. The highest BCUT2D eigenvalue weighted by molar-refractivity contribution is 7.46. The van der Waals surface area contributed by atoms with Gasteiger partial charge >= 0.3 is 19.8 Å². The summed E-state index contributed by atoms with van der Waals surface area (Å²) < 4.78 is 33.5. The van der Waals surface area contributed by atoms with Crippen LogP contribution in [-0.4, -0.2) is 150 Å². The minimum absolute atomic E-state index is 0.00566. The molecule has 6 N–H and O–H groups in total. The lowest BCUT2D eigenvalue weighted by molar-refractivity contribution is -0.156. The quantitative estimate of drug-likeness (QED) is 0.0484. The summed E-state index contributed by atoms with van der Waals surface area (Å²) in [5, 5.41) is 10.9. The normalized spacial score (nSPS) is 25.3. The molecule has 1 aromatic carbocycles. The number of esters is 2. The molecule has 0 aromatic heterocycles. The Hall–Kier alpha value is -5.47. The maximum absolute atomic E-state index is 14.3. The monoisotopic (exact) mass is 1080 g/mol. The van der Waals surface area contributed by atoms with Crippen LogP contribution >= 0.6 is 7.82 Å². The van der Waals surface area contributed by atoms with E-state index in [2.05, 4.69) is 25.8 Å². The minimum Gasteiger partial charge on any atom is -0.456 e. The predicted octanol–water partition coefficient (Wildman–Crippen LogP) is 4.44. The first-order valence-corrected chi connectivity index (χ1v) is 27.5. The minimum atomic E-state index is -4.51. The van der Waals surface area contributed by atoms with E-state index in [-0.39, 0.29) is 37.4 Å². The van der Waals surface area contributed by atoms with Crippen molar-refractivity contribution in [3.05, 3.63) is 59.2 Å². The van der Waals surface area contributed by atoms with Crippen molar-refractivity contribution in [1.29, 1.82) is 0 Å². The fourth-order valence-corrected chi connectivity index (χ4v) is 8.53. The van der Waals surface area contributed by atoms with Crippen LogP contribution in [-0.2, 0) is 68.1 Å². The van der Waals surface area contributed by atoms with E-state index >= 15 is 0 Å². The summed E-state index contributed by atoms with van der Waals surface area (Å²) in [5.74, 6) is -6.62. The van der Waals surface area contributed by atoms with Crippen LogP contribution < -0.4 is 21.3 Å². The lowest BCUT2D eigenvalue weighted by Crippen LogP contribution is -2.57. The summed E-state index contributed by atoms with van der Waals surface area (Å²) in [6, 6.07) is 4.26. The average molecular weight is 1080 g/mol. The van der Waals surface area contributed by atoms with Crippen LogP contribution in [0.25, 0.3) is 0 Å². The van der Waals surface area contributed by atoms with Gasteiger partial charge in [0.25, 0.3) is 5.91 Å². The Kier molecular flexibility index (Phi) is 28.8. The molecular formula is C53H85N6O15P. The van der Waals surface area contributed by atoms with Crippen molar-refractivity contribution < 1.29 is 71.4 Å². The Morgan fingerprint density at radius 3 is 2.13 bits per heavy atom. The molecule has 6 amide bonds. The van der Waals surface area contributed by atoms with Crippen molar-refractivity contribution in [3.63, 3.8) is 0 Å². The van der Waals surface area contributed by atoms with E-state index < -0.39 is 123 Å². The molecule has 1 heterocycles. The average Bonchev–Trinajstić information content (AvgIpc) is 3.35. The Morgan fingerprint density at radius 2 is 1.52 bits per heavy atom. The third-order valence-corrected chi connectivity index (χ3v) is 13.6. The Balaban J connectivity index is 2.58. The van der Waals surface area contributed by atoms with Crippen molar-refractivity contribution in [3.8, 4) is 0 Å². The number of nitrogens with one attached hydrogen (secondary N) is 4. The van der Waals surface area contributed by atoms with Gasteiger partial charge in [-0.3, -0.25) is 33.3 Å². The number of likely N-dealkylation sites (N-methyl/N-ethyl adjacent to an activating group) is 2. The molecule has 1 aliphatic heterocycles. The number of rotatable bonds is 19. The second-order valence-corrected chi connectivity index (χ2v) is 21.2. The molecule has 0 bridgehead atoms. The van der Waals surface area contributed by atoms with Crippen LogP contribution in [0, 0.1) is 17.8 Å². The number of carbonyl (C=O) groups is 8. The fourth-order valence-electron chi connectivity index (χ4n) is 8.16. The predicted molar refractivity (Wildman–Crippen MR) is 281 cm³/mol. The van der Waals surface area contributed by atoms with Crippen LogP contribution in [0.15, 0.2) is 53.6 Å². The molecule has 1 aliphatic rings. The van der Waals surface area contributed by atoms with Crippen LogP contribution in [0.3, 0.4) is 0 Å². The number of phosphoric ester groups is 1. The van der Waals surface area contributed by atoms with Gasteiger partial charge in [-0.1, -0.05) is 103 Å². The molecule has 22 heteroatoms. The van der Waals surface area contributed by atoms with Gasteiger partial charge in [0.05, 0.1) is 19.3 Å². The van der Waals surface area contributed by atoms with Gasteiger partial charge in [0.1, 0.15) is 36.9 Å². The highest BCUT2D eigenvalue weighted by Crippen LogP contribution is 2.36. The van der Waals surface area contributed by atoms with Crippen molar-refractivity contribution in [2.24, 2.45) is 17.8 Å². The summed E-state index contributed by atoms with van der Waals surface area (Å²) >= 11 is 0. The van der Waals surface area contributed by atoms with Gasteiger partial charge in [-0.2, -0.15) is 0 Å². The third kappa shape index (κ3) is 23.5. The highest BCUT2D eigenvalue weighted by atomic mass is 31.2. The van der Waals surface area contributed by atoms with Gasteiger partial charge in [-0.15, -0.1) is 0 Å². The fraction of sp³-hybridized carbons (Fsp3) is 0.660. The van der Waals surface area contributed by atoms with Crippen LogP contribution in [0.4, 0.5) is 0 Å². The third-order valence-electron chi connectivity index (χ3n) is 13.1. The topological polar surface area (TPSA) is 286 Å². The molecule has 9 atom stereocenters. The number of carbonyl (C=O) groups excluding carboxylic acids is 8. The maximum atomic E-state index is 14.3. The first-order chi connectivity index (χ1) is 35.2. The molecule has 0 saturated carbocycles. The van der Waals surface area contributed by atoms with E-state index in [0.29, 0.717) is 43.4 Å². The van der Waals surface area contributed by atoms with Gasteiger partial charge in [0, 0.05) is 38.6 Å². The molecule has 0 radical (unpaired) electrons. The summed E-state index contributed by atoms with van der Waals surface area (Å²) in [5.41, 5.74) is 1.43. The van der Waals surface area contributed by atoms with E-state index in [0.717, 1.165) is 17.7 Å². The maximum Gasteiger partial charge on any atom is 0.469 e. The van der Waals surface area contributed by atoms with E-state index in [9.17, 15) is 42.9 Å². The zero-order valence-electron chi connectivity index (χ0n) is 46.1. The number of unbranched alkanes of at least 4 members (excludes halogenated alkanes) is 4. The Bertz CT molecular complexity index is 2170. The number of benzene rings is 1. The van der Waals surface area contributed by atoms with E-state index in [1.165, 1.54) is 39.8 Å². The van der Waals surface area contributed by atoms with Crippen LogP contribution in [0.2, 0.25) is 0 Å². The molecule has 0 saturated heterocycles. The molecule has 1 unspecified atom stereocenters. The second kappa shape index (κ2) is 32.9. The van der Waals surface area contributed by atoms with Gasteiger partial charge < -0.3 is 55.1 Å². The van der Waals surface area contributed by atoms with E-state index in [1.54, 1.807) is 70.2 Å². The lowest BCUT2D eigenvalue weighted by Gasteiger charge is -2.33. The zero-order valence-corrected chi connectivity index (χ0v) is 46.9. The number of cyclic esters (lactones) is 2. The molecular weight excluding hydrogens is 992 g/mol. The van der Waals surface area contributed by atoms with Crippen molar-refractivity contribution in [2.75, 3.05) is 40.4 Å². The van der Waals surface area contributed by atoms with Gasteiger partial charge in [0.2, 0.25) is 29.5 Å². The van der Waals surface area contributed by atoms with Crippen molar-refractivity contribution >= 4 is 55.2 Å². The largest absolute Gasteiger partial charge is 0.469 e. The molecule has 75 heavy (non-hydrogen) atoms. The number of ether oxygens (including phenoxy) is 3. The van der Waals surface area contributed by atoms with E-state index in [4.69, 9.17) is 24.0 Å². The highest BCUT2D eigenvalue weighted by Gasteiger charge is 2.37. The lowest BCUT2D eigenvalue weighted by atomic mass is 9.90. The van der Waals surface area contributed by atoms with Crippen LogP contribution in [0.5, 0.6) is 0 Å². The molecule has 2 rings (SSSR count). The molecule has 0 spiro atoms. The van der Waals surface area contributed by atoms with Gasteiger partial charge in [-0.05, 0) is 83.3 Å². The molecule has 0 fully saturated rings. The number of phosphoric acid groups is 1. The van der Waals surface area contributed by atoms with Crippen molar-refractivity contribution in [1.82, 2.24) is 31.1 Å². The summed E-state index contributed by atoms with van der Waals surface area (Å²) in [4.78, 5) is 131. The first-order valence-electron chi connectivity index (χ1n) is 26.0. The van der Waals surface area contributed by atoms with Gasteiger partial charge in [0.15, 0.2) is 6.10 Å². The standard InChI is InChI=1S/C53H85N6O15P/c1-13-34(5)46-49(63)56-39(10)53(67)74-47(35(6)14-2)37(8)42(71-32-45(61)54-27-21-16-15-17-22-28-72-75(68,69)70)26-25-36(7)52(66)73-43(29-33(3)4)48(62)55-38(9)50(64)59(12)41(30-40-23-19-18-20-24-40)51(65)58(11)31-44(60)57-46/h14,18-20,23-25,33-34,37-39,41-43,46-47H,13,15-17,21-22,26-32H2,1-12H3,(H,54,61)(H,55,62)(H,56,63)(H,57,60)(H2,68,69,70)/b35-14+,36-25+/t34?,37-,38-,39+,41+,42-,43+,46-,47+/m0/s1. The number of hydrogen-bond donors (Lipinski definition) is 6. The SMILES string of the molecule is C/C=C(\C)[C@H]1OC(=O)[C@@H](C)NC(=O)[C@H](C(C)CC)NC(=O)CN(C)C(=O)[C@@H](Cc2ccccc2)N(C)C(=O)[C@H](C)NC(=O)[C@@H](CC(C)C)OC(=O)/C(C)=C/C[C@H](OCC(=O)NCCCCCCCOP(=O)(O)O)[C@@H]1C. The molecule has 1 aromatic rings. The Morgan fingerprint density at radius 1 is 0.893 bits per heavy atom. The number of nitrogens with zero attached hydrogens (tertiary/aromatic N) is 2. The number of allylic oxidation sites excluding steroid dienone is 1. The summed E-state index contributed by atoms with van der Waals surface area (Å²) in [7, 11) is -1.69. The van der Waals surface area contributed by atoms with E-state index in [1.807, 2.05) is 20.8 Å². The molecule has 21 nitrogen and oxygen atoms in total. The zero-order chi connectivity index (χ0) is 56.6.